The van der Waals surface area contributed by atoms with E-state index >= 15 is 0 Å². The lowest BCUT2D eigenvalue weighted by Gasteiger charge is -2.14. The number of methoxy groups -OCH3 is 1. The van der Waals surface area contributed by atoms with Crippen LogP contribution in [-0.4, -0.2) is 23.4 Å². The maximum atomic E-state index is 12.9. The molecule has 2 aromatic rings. The van der Waals surface area contributed by atoms with Gasteiger partial charge in [0.2, 0.25) is 0 Å². The van der Waals surface area contributed by atoms with Gasteiger partial charge in [-0.1, -0.05) is 46.0 Å². The Morgan fingerprint density at radius 2 is 1.85 bits per heavy atom. The molecule has 2 aromatic carbocycles. The van der Waals surface area contributed by atoms with Gasteiger partial charge in [-0.25, -0.2) is 0 Å². The van der Waals surface area contributed by atoms with Crippen molar-refractivity contribution >= 4 is 61.9 Å². The first kappa shape index (κ1) is 19.9. The molecule has 3 rings (SSSR count). The van der Waals surface area contributed by atoms with Crippen molar-refractivity contribution in [1.82, 2.24) is 0 Å². The molecule has 140 valence electrons. The average Bonchev–Trinajstić information content (AvgIpc) is 2.90. The van der Waals surface area contributed by atoms with Crippen LogP contribution in [0.25, 0.3) is 6.08 Å². The van der Waals surface area contributed by atoms with E-state index in [4.69, 9.17) is 21.7 Å². The van der Waals surface area contributed by atoms with Crippen LogP contribution in [0.4, 0.5) is 5.69 Å². The first-order chi connectivity index (χ1) is 12.9. The number of ether oxygens (including phenoxy) is 2. The van der Waals surface area contributed by atoms with E-state index in [0.717, 1.165) is 15.7 Å². The number of thiocarbonyl (C=S) groups is 1. The second kappa shape index (κ2) is 8.46. The van der Waals surface area contributed by atoms with E-state index in [1.54, 1.807) is 12.0 Å². The molecule has 0 saturated carbocycles. The maximum absolute atomic E-state index is 12.9. The van der Waals surface area contributed by atoms with Crippen molar-refractivity contribution in [2.24, 2.45) is 0 Å². The van der Waals surface area contributed by atoms with E-state index in [2.05, 4.69) is 15.9 Å². The van der Waals surface area contributed by atoms with E-state index in [9.17, 15) is 4.79 Å². The Morgan fingerprint density at radius 1 is 1.15 bits per heavy atom. The van der Waals surface area contributed by atoms with Crippen molar-refractivity contribution in [3.8, 4) is 11.5 Å². The second-order valence-electron chi connectivity index (χ2n) is 6.07. The first-order valence-corrected chi connectivity index (χ1v) is 10.3. The summed E-state index contributed by atoms with van der Waals surface area (Å²) in [6.45, 7) is 3.92. The Bertz CT molecular complexity index is 910. The standard InChI is InChI=1S/C20H18BrNO3S2/c1-12(2)25-16-9-4-13(10-17(16)24-3)11-18-19(23)22(20(26)27-18)15-7-5-14(21)6-8-15/h4-12H,1-3H3/b18-11-. The molecule has 1 fully saturated rings. The SMILES string of the molecule is COc1cc(/C=C2\SC(=S)N(c3ccc(Br)cc3)C2=O)ccc1OC(C)C. The molecule has 7 heteroatoms. The monoisotopic (exact) mass is 463 g/mol. The second-order valence-corrected chi connectivity index (χ2v) is 8.66. The summed E-state index contributed by atoms with van der Waals surface area (Å²) in [5.74, 6) is 1.17. The third kappa shape index (κ3) is 4.54. The van der Waals surface area contributed by atoms with Crippen molar-refractivity contribution < 1.29 is 14.3 Å². The fourth-order valence-corrected chi connectivity index (χ4v) is 4.12. The van der Waals surface area contributed by atoms with Crippen molar-refractivity contribution in [1.29, 1.82) is 0 Å². The lowest BCUT2D eigenvalue weighted by molar-refractivity contribution is -0.113. The summed E-state index contributed by atoms with van der Waals surface area (Å²) >= 11 is 10.1. The number of amides is 1. The van der Waals surface area contributed by atoms with Crippen LogP contribution in [-0.2, 0) is 4.79 Å². The summed E-state index contributed by atoms with van der Waals surface area (Å²) in [7, 11) is 1.60. The highest BCUT2D eigenvalue weighted by molar-refractivity contribution is 9.10. The number of rotatable bonds is 5. The smallest absolute Gasteiger partial charge is 0.270 e. The van der Waals surface area contributed by atoms with Crippen molar-refractivity contribution in [2.75, 3.05) is 12.0 Å². The normalized spacial score (nSPS) is 15.7. The zero-order chi connectivity index (χ0) is 19.6. The molecule has 27 heavy (non-hydrogen) atoms. The Hall–Kier alpha value is -1.83. The lowest BCUT2D eigenvalue weighted by atomic mass is 10.1. The highest BCUT2D eigenvalue weighted by Crippen LogP contribution is 2.37. The van der Waals surface area contributed by atoms with E-state index in [-0.39, 0.29) is 12.0 Å². The molecule has 0 bridgehead atoms. The number of nitrogens with zero attached hydrogens (tertiary/aromatic N) is 1. The summed E-state index contributed by atoms with van der Waals surface area (Å²) in [5, 5.41) is 0. The number of anilines is 1. The van der Waals surface area contributed by atoms with E-state index in [1.807, 2.05) is 62.4 Å². The summed E-state index contributed by atoms with van der Waals surface area (Å²) in [6.07, 6.45) is 1.87. The molecule has 0 radical (unpaired) electrons. The number of carbonyl (C=O) groups excluding carboxylic acids is 1. The van der Waals surface area contributed by atoms with Crippen LogP contribution in [0, 0.1) is 0 Å². The summed E-state index contributed by atoms with van der Waals surface area (Å²) in [4.78, 5) is 15.0. The van der Waals surface area contributed by atoms with Gasteiger partial charge in [0.15, 0.2) is 15.8 Å². The lowest BCUT2D eigenvalue weighted by Crippen LogP contribution is -2.27. The first-order valence-electron chi connectivity index (χ1n) is 8.27. The Kier molecular flexibility index (Phi) is 6.24. The summed E-state index contributed by atoms with van der Waals surface area (Å²) < 4.78 is 12.6. The molecule has 1 aliphatic rings. The predicted molar refractivity (Wildman–Crippen MR) is 119 cm³/mol. The van der Waals surface area contributed by atoms with Crippen LogP contribution in [0.5, 0.6) is 11.5 Å². The van der Waals surface area contributed by atoms with E-state index in [1.165, 1.54) is 11.8 Å². The third-order valence-electron chi connectivity index (χ3n) is 3.73. The molecular formula is C20H18BrNO3S2. The molecule has 0 N–H and O–H groups in total. The van der Waals surface area contributed by atoms with Gasteiger partial charge in [0.05, 0.1) is 23.8 Å². The minimum absolute atomic E-state index is 0.0481. The van der Waals surface area contributed by atoms with Gasteiger partial charge in [0, 0.05) is 4.47 Å². The third-order valence-corrected chi connectivity index (χ3v) is 5.56. The molecule has 0 aliphatic carbocycles. The molecule has 1 aliphatic heterocycles. The quantitative estimate of drug-likeness (QED) is 0.422. The van der Waals surface area contributed by atoms with Gasteiger partial charge in [-0.3, -0.25) is 9.69 Å². The van der Waals surface area contributed by atoms with Gasteiger partial charge in [-0.2, -0.15) is 0 Å². The number of thioether (sulfide) groups is 1. The largest absolute Gasteiger partial charge is 0.493 e. The van der Waals surface area contributed by atoms with Gasteiger partial charge in [0.25, 0.3) is 5.91 Å². The van der Waals surface area contributed by atoms with Crippen molar-refractivity contribution in [2.45, 2.75) is 20.0 Å². The molecule has 0 unspecified atom stereocenters. The molecule has 0 atom stereocenters. The molecular weight excluding hydrogens is 446 g/mol. The number of hydrogen-bond donors (Lipinski definition) is 0. The Morgan fingerprint density at radius 3 is 2.48 bits per heavy atom. The molecule has 0 spiro atoms. The number of benzene rings is 2. The van der Waals surface area contributed by atoms with Gasteiger partial charge in [-0.05, 0) is 61.9 Å². The van der Waals surface area contributed by atoms with Gasteiger partial charge in [-0.15, -0.1) is 0 Å². The number of hydrogen-bond acceptors (Lipinski definition) is 5. The zero-order valence-electron chi connectivity index (χ0n) is 15.1. The van der Waals surface area contributed by atoms with Crippen LogP contribution >= 0.6 is 39.9 Å². The minimum atomic E-state index is -0.131. The molecule has 0 aromatic heterocycles. The van der Waals surface area contributed by atoms with Crippen LogP contribution in [0.1, 0.15) is 19.4 Å². The highest BCUT2D eigenvalue weighted by atomic mass is 79.9. The maximum Gasteiger partial charge on any atom is 0.270 e. The predicted octanol–water partition coefficient (Wildman–Crippen LogP) is 5.65. The van der Waals surface area contributed by atoms with E-state index in [0.29, 0.717) is 20.7 Å². The Balaban J connectivity index is 1.88. The topological polar surface area (TPSA) is 38.8 Å². The molecule has 1 saturated heterocycles. The summed E-state index contributed by atoms with van der Waals surface area (Å²) in [5.41, 5.74) is 1.60. The van der Waals surface area contributed by atoms with Crippen molar-refractivity contribution in [3.05, 3.63) is 57.4 Å². The minimum Gasteiger partial charge on any atom is -0.493 e. The van der Waals surface area contributed by atoms with Crippen LogP contribution < -0.4 is 14.4 Å². The molecule has 1 amide bonds. The average molecular weight is 464 g/mol. The summed E-state index contributed by atoms with van der Waals surface area (Å²) in [6, 6.07) is 13.1. The molecule has 1 heterocycles. The highest BCUT2D eigenvalue weighted by Gasteiger charge is 2.33. The van der Waals surface area contributed by atoms with Crippen LogP contribution in [0.3, 0.4) is 0 Å². The molecule has 4 nitrogen and oxygen atoms in total. The van der Waals surface area contributed by atoms with E-state index < -0.39 is 0 Å². The zero-order valence-corrected chi connectivity index (χ0v) is 18.3. The van der Waals surface area contributed by atoms with Gasteiger partial charge >= 0.3 is 0 Å². The van der Waals surface area contributed by atoms with Crippen LogP contribution in [0.2, 0.25) is 0 Å². The fraction of sp³-hybridized carbons (Fsp3) is 0.200. The fourth-order valence-electron chi connectivity index (χ4n) is 2.56. The Labute approximate surface area is 176 Å². The number of carbonyl (C=O) groups is 1. The number of halogens is 1. The van der Waals surface area contributed by atoms with Gasteiger partial charge in [0.1, 0.15) is 0 Å². The van der Waals surface area contributed by atoms with Crippen LogP contribution in [0.15, 0.2) is 51.8 Å². The van der Waals surface area contributed by atoms with Crippen molar-refractivity contribution in [3.63, 3.8) is 0 Å². The van der Waals surface area contributed by atoms with Gasteiger partial charge < -0.3 is 9.47 Å².